The van der Waals surface area contributed by atoms with E-state index in [9.17, 15) is 4.79 Å². The minimum atomic E-state index is -0.0473. The van der Waals surface area contributed by atoms with Crippen molar-refractivity contribution >= 4 is 11.0 Å². The number of benzene rings is 1. The van der Waals surface area contributed by atoms with Crippen LogP contribution in [0.25, 0.3) is 11.0 Å². The van der Waals surface area contributed by atoms with Crippen LogP contribution in [0.15, 0.2) is 39.9 Å². The molecule has 3 heterocycles. The zero-order valence-corrected chi connectivity index (χ0v) is 16.4. The maximum atomic E-state index is 12.8. The van der Waals surface area contributed by atoms with Gasteiger partial charge in [0.25, 0.3) is 0 Å². The second-order valence-electron chi connectivity index (χ2n) is 8.47. The van der Waals surface area contributed by atoms with Gasteiger partial charge in [-0.1, -0.05) is 32.4 Å². The van der Waals surface area contributed by atoms with Crippen LogP contribution in [0.2, 0.25) is 0 Å². The van der Waals surface area contributed by atoms with E-state index in [0.29, 0.717) is 23.1 Å². The Labute approximate surface area is 159 Å². The fourth-order valence-corrected chi connectivity index (χ4v) is 3.51. The number of aromatic nitrogens is 2. The van der Waals surface area contributed by atoms with Gasteiger partial charge in [0, 0.05) is 54.5 Å². The van der Waals surface area contributed by atoms with Crippen LogP contribution in [0, 0.1) is 6.92 Å². The second kappa shape index (κ2) is 6.57. The zero-order chi connectivity index (χ0) is 19.2. The lowest BCUT2D eigenvalue weighted by Gasteiger charge is -2.28. The third-order valence-electron chi connectivity index (χ3n) is 5.08. The predicted molar refractivity (Wildman–Crippen MR) is 106 cm³/mol. The molecular weight excluding hydrogens is 338 g/mol. The molecule has 1 aliphatic heterocycles. The molecule has 5 nitrogen and oxygen atoms in total. The van der Waals surface area contributed by atoms with Crippen molar-refractivity contribution in [3.63, 3.8) is 0 Å². The monoisotopic (exact) mass is 363 g/mol. The van der Waals surface area contributed by atoms with E-state index in [0.717, 1.165) is 42.2 Å². The first-order valence-corrected chi connectivity index (χ1v) is 9.40. The van der Waals surface area contributed by atoms with Crippen molar-refractivity contribution in [2.24, 2.45) is 0 Å². The van der Waals surface area contributed by atoms with E-state index < -0.39 is 0 Å². The van der Waals surface area contributed by atoms with Gasteiger partial charge in [-0.25, -0.2) is 9.97 Å². The number of fused-ring (bicyclic) bond motifs is 2. The van der Waals surface area contributed by atoms with Gasteiger partial charge in [0.05, 0.1) is 11.6 Å². The van der Waals surface area contributed by atoms with Crippen LogP contribution in [0.4, 0.5) is 0 Å². The summed E-state index contributed by atoms with van der Waals surface area (Å²) >= 11 is 0. The summed E-state index contributed by atoms with van der Waals surface area (Å²) in [6, 6.07) is 5.72. The molecule has 0 radical (unpaired) electrons. The highest BCUT2D eigenvalue weighted by atomic mass is 16.3. The van der Waals surface area contributed by atoms with E-state index in [-0.39, 0.29) is 10.8 Å². The van der Waals surface area contributed by atoms with Gasteiger partial charge in [0.1, 0.15) is 11.4 Å². The first-order valence-electron chi connectivity index (χ1n) is 9.40. The molecule has 0 saturated heterocycles. The molecule has 140 valence electrons. The number of hydrogen-bond acceptors (Lipinski definition) is 5. The Morgan fingerprint density at radius 3 is 2.85 bits per heavy atom. The lowest BCUT2D eigenvalue weighted by atomic mass is 9.95. The second-order valence-corrected chi connectivity index (χ2v) is 8.47. The first-order chi connectivity index (χ1) is 12.8. The summed E-state index contributed by atoms with van der Waals surface area (Å²) in [4.78, 5) is 24.4. The van der Waals surface area contributed by atoms with Crippen molar-refractivity contribution in [2.75, 3.05) is 6.54 Å². The highest BCUT2D eigenvalue weighted by Gasteiger charge is 2.23. The molecule has 3 aromatic rings. The smallest absolute Gasteiger partial charge is 0.197 e. The number of hydrogen-bond donors (Lipinski definition) is 0. The molecule has 4 rings (SSSR count). The van der Waals surface area contributed by atoms with Crippen LogP contribution in [0.3, 0.4) is 0 Å². The SMILES string of the molecule is Cc1ccc2occ(CN3CCc4nc(C(C)(C)C)ncc4C3)c(=O)c2c1. The van der Waals surface area contributed by atoms with Crippen molar-refractivity contribution in [1.29, 1.82) is 0 Å². The van der Waals surface area contributed by atoms with Crippen LogP contribution in [-0.4, -0.2) is 21.4 Å². The number of aryl methyl sites for hydroxylation is 1. The summed E-state index contributed by atoms with van der Waals surface area (Å²) in [7, 11) is 0. The lowest BCUT2D eigenvalue weighted by Crippen LogP contribution is -2.33. The van der Waals surface area contributed by atoms with Gasteiger partial charge < -0.3 is 4.42 Å². The highest BCUT2D eigenvalue weighted by Crippen LogP contribution is 2.23. The molecule has 0 spiro atoms. The molecule has 1 aliphatic rings. The fourth-order valence-electron chi connectivity index (χ4n) is 3.51. The quantitative estimate of drug-likeness (QED) is 0.694. The van der Waals surface area contributed by atoms with Crippen molar-refractivity contribution < 1.29 is 4.42 Å². The Morgan fingerprint density at radius 2 is 2.07 bits per heavy atom. The van der Waals surface area contributed by atoms with Gasteiger partial charge in [-0.05, 0) is 19.1 Å². The minimum absolute atomic E-state index is 0.0473. The molecule has 0 atom stereocenters. The molecule has 0 fully saturated rings. The largest absolute Gasteiger partial charge is 0.464 e. The first kappa shape index (κ1) is 17.9. The zero-order valence-electron chi connectivity index (χ0n) is 16.4. The minimum Gasteiger partial charge on any atom is -0.464 e. The Bertz CT molecular complexity index is 1060. The Balaban J connectivity index is 1.58. The maximum Gasteiger partial charge on any atom is 0.197 e. The van der Waals surface area contributed by atoms with Crippen LogP contribution < -0.4 is 5.43 Å². The van der Waals surface area contributed by atoms with Gasteiger partial charge in [-0.15, -0.1) is 0 Å². The van der Waals surface area contributed by atoms with Gasteiger partial charge >= 0.3 is 0 Å². The van der Waals surface area contributed by atoms with E-state index >= 15 is 0 Å². The fraction of sp³-hybridized carbons (Fsp3) is 0.409. The molecule has 0 saturated carbocycles. The average molecular weight is 363 g/mol. The summed E-state index contributed by atoms with van der Waals surface area (Å²) in [6.07, 6.45) is 4.43. The molecule has 0 bridgehead atoms. The topological polar surface area (TPSA) is 59.2 Å². The van der Waals surface area contributed by atoms with Crippen molar-refractivity contribution in [1.82, 2.24) is 14.9 Å². The van der Waals surface area contributed by atoms with Crippen LogP contribution in [0.1, 0.15) is 49.0 Å². The summed E-state index contributed by atoms with van der Waals surface area (Å²) < 4.78 is 5.69. The molecule has 2 aromatic heterocycles. The Morgan fingerprint density at radius 1 is 1.26 bits per heavy atom. The molecular formula is C22H25N3O2. The third kappa shape index (κ3) is 3.52. The average Bonchev–Trinajstić information content (AvgIpc) is 2.63. The third-order valence-corrected chi connectivity index (χ3v) is 5.08. The molecule has 1 aromatic carbocycles. The van der Waals surface area contributed by atoms with E-state index in [2.05, 4.69) is 30.7 Å². The molecule has 0 amide bonds. The maximum absolute atomic E-state index is 12.8. The van der Waals surface area contributed by atoms with Crippen molar-refractivity contribution in [3.05, 3.63) is 69.1 Å². The summed E-state index contributed by atoms with van der Waals surface area (Å²) in [5.41, 5.74) is 4.69. The van der Waals surface area contributed by atoms with E-state index in [1.54, 1.807) is 6.26 Å². The predicted octanol–water partition coefficient (Wildman–Crippen LogP) is 3.75. The Kier molecular flexibility index (Phi) is 4.35. The van der Waals surface area contributed by atoms with E-state index in [1.165, 1.54) is 0 Å². The number of nitrogens with zero attached hydrogens (tertiary/aromatic N) is 3. The molecule has 27 heavy (non-hydrogen) atoms. The summed E-state index contributed by atoms with van der Waals surface area (Å²) in [5.74, 6) is 0.889. The van der Waals surface area contributed by atoms with Crippen LogP contribution >= 0.6 is 0 Å². The lowest BCUT2D eigenvalue weighted by molar-refractivity contribution is 0.240. The van der Waals surface area contributed by atoms with Gasteiger partial charge in [0.15, 0.2) is 5.43 Å². The van der Waals surface area contributed by atoms with E-state index in [4.69, 9.17) is 9.40 Å². The van der Waals surface area contributed by atoms with Crippen molar-refractivity contribution in [2.45, 2.75) is 52.6 Å². The molecule has 0 unspecified atom stereocenters. The van der Waals surface area contributed by atoms with Gasteiger partial charge in [-0.3, -0.25) is 9.69 Å². The highest BCUT2D eigenvalue weighted by molar-refractivity contribution is 5.77. The van der Waals surface area contributed by atoms with Crippen molar-refractivity contribution in [3.8, 4) is 0 Å². The van der Waals surface area contributed by atoms with Crippen LogP contribution in [0.5, 0.6) is 0 Å². The molecule has 5 heteroatoms. The normalized spacial score (nSPS) is 15.1. The van der Waals surface area contributed by atoms with E-state index in [1.807, 2.05) is 31.3 Å². The molecule has 0 aliphatic carbocycles. The standard InChI is InChI=1S/C22H25N3O2/c1-14-5-6-19-17(9-14)20(26)16(13-27-19)12-25-8-7-18-15(11-25)10-23-21(24-18)22(2,3)4/h5-6,9-10,13H,7-8,11-12H2,1-4H3. The summed E-state index contributed by atoms with van der Waals surface area (Å²) in [6.45, 7) is 10.6. The van der Waals surface area contributed by atoms with Gasteiger partial charge in [-0.2, -0.15) is 0 Å². The molecule has 0 N–H and O–H groups in total. The van der Waals surface area contributed by atoms with Gasteiger partial charge in [0.2, 0.25) is 0 Å². The Hall–Kier alpha value is -2.53. The summed E-state index contributed by atoms with van der Waals surface area (Å²) in [5, 5.41) is 0.656. The van der Waals surface area contributed by atoms with Crippen LogP contribution in [-0.2, 0) is 24.9 Å². The number of rotatable bonds is 2.